The van der Waals surface area contributed by atoms with Gasteiger partial charge in [0.2, 0.25) is 0 Å². The summed E-state index contributed by atoms with van der Waals surface area (Å²) in [4.78, 5) is 10.5. The third kappa shape index (κ3) is 3.50. The molecule has 16 heavy (non-hydrogen) atoms. The van der Waals surface area contributed by atoms with Crippen molar-refractivity contribution in [1.29, 1.82) is 0 Å². The second-order valence-corrected chi connectivity index (χ2v) is 5.56. The first-order valence-electron chi connectivity index (χ1n) is 4.54. The van der Waals surface area contributed by atoms with Gasteiger partial charge in [-0.05, 0) is 18.6 Å². The number of rotatable bonds is 4. The molecule has 0 aliphatic heterocycles. The Hall–Kier alpha value is -1.07. The molecule has 88 valence electrons. The van der Waals surface area contributed by atoms with E-state index in [9.17, 15) is 13.2 Å². The molecule has 0 saturated heterocycles. The Balaban J connectivity index is 2.79. The van der Waals surface area contributed by atoms with Crippen molar-refractivity contribution in [2.75, 3.05) is 12.4 Å². The Morgan fingerprint density at radius 2 is 2.00 bits per heavy atom. The van der Waals surface area contributed by atoms with Gasteiger partial charge < -0.3 is 4.74 Å². The summed E-state index contributed by atoms with van der Waals surface area (Å²) >= 11 is 4.93. The lowest BCUT2D eigenvalue weighted by atomic mass is 10.2. The number of hydrogen-bond acceptors (Lipinski definition) is 4. The van der Waals surface area contributed by atoms with Crippen molar-refractivity contribution in [3.8, 4) is 0 Å². The SMILES string of the molecule is Cc1ccccc1S(=O)(=O)CCOC(=O)Cl. The van der Waals surface area contributed by atoms with E-state index >= 15 is 0 Å². The standard InChI is InChI=1S/C10H11ClO4S/c1-8-4-2-3-5-9(8)16(13,14)7-6-15-10(11)12/h2-5H,6-7H2,1H3. The van der Waals surface area contributed by atoms with Crippen LogP contribution in [0.25, 0.3) is 0 Å². The van der Waals surface area contributed by atoms with Crippen molar-refractivity contribution >= 4 is 26.9 Å². The summed E-state index contributed by atoms with van der Waals surface area (Å²) < 4.78 is 28.0. The Bertz CT molecular complexity index is 481. The summed E-state index contributed by atoms with van der Waals surface area (Å²) in [5, 5.41) is 0. The summed E-state index contributed by atoms with van der Waals surface area (Å²) in [6, 6.07) is 6.63. The average Bonchev–Trinajstić information content (AvgIpc) is 2.17. The second kappa shape index (κ2) is 5.32. The zero-order valence-corrected chi connectivity index (χ0v) is 10.2. The Morgan fingerprint density at radius 3 is 2.56 bits per heavy atom. The molecule has 0 aromatic heterocycles. The molecule has 0 unspecified atom stereocenters. The van der Waals surface area contributed by atoms with Crippen LogP contribution in [0, 0.1) is 6.92 Å². The lowest BCUT2D eigenvalue weighted by Crippen LogP contribution is -2.14. The minimum atomic E-state index is -3.42. The lowest BCUT2D eigenvalue weighted by molar-refractivity contribution is 0.180. The maximum atomic E-state index is 11.8. The van der Waals surface area contributed by atoms with Crippen LogP contribution in [0.4, 0.5) is 4.79 Å². The molecule has 0 fully saturated rings. The Labute approximate surface area is 99.1 Å². The molecule has 0 heterocycles. The van der Waals surface area contributed by atoms with Gasteiger partial charge in [-0.15, -0.1) is 0 Å². The highest BCUT2D eigenvalue weighted by molar-refractivity contribution is 7.91. The van der Waals surface area contributed by atoms with Gasteiger partial charge in [0.05, 0.1) is 10.6 Å². The lowest BCUT2D eigenvalue weighted by Gasteiger charge is -2.06. The Morgan fingerprint density at radius 1 is 1.38 bits per heavy atom. The van der Waals surface area contributed by atoms with Crippen LogP contribution in [-0.4, -0.2) is 26.2 Å². The molecule has 0 N–H and O–H groups in total. The number of carbonyl (C=O) groups excluding carboxylic acids is 1. The summed E-state index contributed by atoms with van der Waals surface area (Å²) in [5.41, 5.74) is -0.334. The van der Waals surface area contributed by atoms with Crippen LogP contribution in [0.5, 0.6) is 0 Å². The van der Waals surface area contributed by atoms with Gasteiger partial charge in [-0.3, -0.25) is 0 Å². The number of hydrogen-bond donors (Lipinski definition) is 0. The molecule has 0 saturated carbocycles. The van der Waals surface area contributed by atoms with Crippen molar-refractivity contribution in [1.82, 2.24) is 0 Å². The zero-order valence-electron chi connectivity index (χ0n) is 8.64. The average molecular weight is 263 g/mol. The van der Waals surface area contributed by atoms with Crippen molar-refractivity contribution < 1.29 is 17.9 Å². The number of benzene rings is 1. The fourth-order valence-electron chi connectivity index (χ4n) is 1.25. The van der Waals surface area contributed by atoms with E-state index in [1.54, 1.807) is 25.1 Å². The predicted octanol–water partition coefficient (Wildman–Crippen LogP) is 2.14. The van der Waals surface area contributed by atoms with Crippen LogP contribution < -0.4 is 0 Å². The predicted molar refractivity (Wildman–Crippen MR) is 60.4 cm³/mol. The second-order valence-electron chi connectivity index (χ2n) is 3.17. The van der Waals surface area contributed by atoms with Gasteiger partial charge in [-0.1, -0.05) is 18.2 Å². The topological polar surface area (TPSA) is 60.4 Å². The van der Waals surface area contributed by atoms with Gasteiger partial charge in [0.25, 0.3) is 0 Å². The van der Waals surface area contributed by atoms with Crippen LogP contribution in [0.1, 0.15) is 5.56 Å². The fraction of sp³-hybridized carbons (Fsp3) is 0.300. The van der Waals surface area contributed by atoms with E-state index in [4.69, 9.17) is 11.6 Å². The van der Waals surface area contributed by atoms with Crippen molar-refractivity contribution in [3.05, 3.63) is 29.8 Å². The van der Waals surface area contributed by atoms with Gasteiger partial charge in [-0.2, -0.15) is 0 Å². The molecule has 4 nitrogen and oxygen atoms in total. The van der Waals surface area contributed by atoms with E-state index in [0.717, 1.165) is 0 Å². The molecular formula is C10H11ClO4S. The van der Waals surface area contributed by atoms with Crippen LogP contribution in [0.15, 0.2) is 29.2 Å². The molecule has 0 radical (unpaired) electrons. The zero-order chi connectivity index (χ0) is 12.2. The quantitative estimate of drug-likeness (QED) is 0.780. The summed E-state index contributed by atoms with van der Waals surface area (Å²) in [6.07, 6.45) is 0. The van der Waals surface area contributed by atoms with Crippen LogP contribution >= 0.6 is 11.6 Å². The number of ether oxygens (including phenoxy) is 1. The minimum absolute atomic E-state index is 0.237. The third-order valence-corrected chi connectivity index (χ3v) is 3.94. The van der Waals surface area contributed by atoms with E-state index in [0.29, 0.717) is 5.56 Å². The number of carbonyl (C=O) groups is 1. The largest absolute Gasteiger partial charge is 0.453 e. The first kappa shape index (κ1) is 13.0. The fourth-order valence-corrected chi connectivity index (χ4v) is 2.69. The van der Waals surface area contributed by atoms with Gasteiger partial charge in [0.1, 0.15) is 6.61 Å². The van der Waals surface area contributed by atoms with Crippen molar-refractivity contribution in [3.63, 3.8) is 0 Å². The van der Waals surface area contributed by atoms with E-state index < -0.39 is 15.3 Å². The number of sulfone groups is 1. The maximum Gasteiger partial charge on any atom is 0.403 e. The smallest absolute Gasteiger partial charge is 0.403 e. The highest BCUT2D eigenvalue weighted by atomic mass is 35.5. The molecule has 0 amide bonds. The van der Waals surface area contributed by atoms with E-state index in [1.165, 1.54) is 6.07 Å². The molecule has 0 bridgehead atoms. The van der Waals surface area contributed by atoms with Gasteiger partial charge in [0, 0.05) is 11.6 Å². The van der Waals surface area contributed by atoms with Gasteiger partial charge in [0.15, 0.2) is 9.84 Å². The van der Waals surface area contributed by atoms with Crippen molar-refractivity contribution in [2.45, 2.75) is 11.8 Å². The number of aryl methyl sites for hydroxylation is 1. The van der Waals surface area contributed by atoms with Gasteiger partial charge >= 0.3 is 5.43 Å². The van der Waals surface area contributed by atoms with Crippen LogP contribution in [0.3, 0.4) is 0 Å². The van der Waals surface area contributed by atoms with Crippen molar-refractivity contribution in [2.24, 2.45) is 0 Å². The highest BCUT2D eigenvalue weighted by Gasteiger charge is 2.16. The van der Waals surface area contributed by atoms with E-state index in [1.807, 2.05) is 0 Å². The molecule has 0 atom stereocenters. The van der Waals surface area contributed by atoms with Crippen LogP contribution in [0.2, 0.25) is 0 Å². The summed E-state index contributed by atoms with van der Waals surface area (Å²) in [7, 11) is -3.42. The normalized spacial score (nSPS) is 11.1. The minimum Gasteiger partial charge on any atom is -0.453 e. The van der Waals surface area contributed by atoms with E-state index in [-0.39, 0.29) is 17.3 Å². The first-order valence-corrected chi connectivity index (χ1v) is 6.57. The molecule has 1 aromatic carbocycles. The summed E-state index contributed by atoms with van der Waals surface area (Å²) in [6.45, 7) is 1.47. The summed E-state index contributed by atoms with van der Waals surface area (Å²) in [5.74, 6) is -0.268. The third-order valence-electron chi connectivity index (χ3n) is 2.00. The molecule has 0 spiro atoms. The molecule has 0 aliphatic carbocycles. The molecular weight excluding hydrogens is 252 g/mol. The molecule has 6 heteroatoms. The highest BCUT2D eigenvalue weighted by Crippen LogP contribution is 2.15. The monoisotopic (exact) mass is 262 g/mol. The molecule has 0 aliphatic rings. The molecule has 1 rings (SSSR count). The van der Waals surface area contributed by atoms with E-state index in [2.05, 4.69) is 4.74 Å². The first-order chi connectivity index (χ1) is 7.43. The molecule has 1 aromatic rings. The number of halogens is 1. The van der Waals surface area contributed by atoms with Gasteiger partial charge in [-0.25, -0.2) is 13.2 Å². The van der Waals surface area contributed by atoms with Crippen LogP contribution in [-0.2, 0) is 14.6 Å². The Kier molecular flexibility index (Phi) is 4.32. The maximum absolute atomic E-state index is 11.8.